The number of halogens is 3. The Morgan fingerprint density at radius 3 is 2.24 bits per heavy atom. The number of imide groups is 1. The highest BCUT2D eigenvalue weighted by atomic mass is 32.2. The van der Waals surface area contributed by atoms with E-state index in [2.05, 4.69) is 5.32 Å². The Hall–Kier alpha value is -3.25. The summed E-state index contributed by atoms with van der Waals surface area (Å²) in [7, 11) is -3.84. The molecule has 3 aliphatic heterocycles. The van der Waals surface area contributed by atoms with E-state index in [0.717, 1.165) is 12.1 Å². The monoisotopic (exact) mass is 535 g/mol. The van der Waals surface area contributed by atoms with Crippen LogP contribution in [0.2, 0.25) is 0 Å². The van der Waals surface area contributed by atoms with E-state index in [4.69, 9.17) is 0 Å². The van der Waals surface area contributed by atoms with Crippen LogP contribution in [0, 0.1) is 17.5 Å². The molecule has 1 atom stereocenters. The fraction of sp³-hybridized carbons (Fsp3) is 0.400. The van der Waals surface area contributed by atoms with Crippen LogP contribution < -0.4 is 5.32 Å². The van der Waals surface area contributed by atoms with Crippen molar-refractivity contribution in [3.63, 3.8) is 0 Å². The summed E-state index contributed by atoms with van der Waals surface area (Å²) >= 11 is 0. The second kappa shape index (κ2) is 9.56. The number of carbonyl (C=O) groups is 3. The average Bonchev–Trinajstić information content (AvgIpc) is 3.13. The number of nitrogens with one attached hydrogen (secondary N) is 1. The average molecular weight is 536 g/mol. The standard InChI is InChI=1S/C25H24F3N3O5S/c26-17-7-14(8-18(27)10-17)13-37(35,36)30-5-3-15(4-6-30)19-9-16-12-31(25(34)20(16)11-21(19)28)22-1-2-23(32)29-24(22)33/h7-11,15,22H,1-6,12-13H2,(H,29,32,33). The number of amides is 3. The second-order valence-electron chi connectivity index (χ2n) is 9.64. The van der Waals surface area contributed by atoms with Gasteiger partial charge in [0.1, 0.15) is 23.5 Å². The molecule has 12 heteroatoms. The largest absolute Gasteiger partial charge is 0.322 e. The van der Waals surface area contributed by atoms with Gasteiger partial charge in [-0.25, -0.2) is 25.9 Å². The number of nitrogens with zero attached hydrogens (tertiary/aromatic N) is 2. The van der Waals surface area contributed by atoms with Crippen molar-refractivity contribution in [1.29, 1.82) is 0 Å². The second-order valence-corrected chi connectivity index (χ2v) is 11.6. The van der Waals surface area contributed by atoms with Crippen LogP contribution in [0.15, 0.2) is 30.3 Å². The molecule has 2 aromatic rings. The molecule has 3 aliphatic rings. The molecule has 0 radical (unpaired) electrons. The van der Waals surface area contributed by atoms with Crippen molar-refractivity contribution in [2.45, 2.75) is 49.9 Å². The Morgan fingerprint density at radius 2 is 1.59 bits per heavy atom. The Morgan fingerprint density at radius 1 is 0.919 bits per heavy atom. The zero-order valence-electron chi connectivity index (χ0n) is 19.7. The van der Waals surface area contributed by atoms with Gasteiger partial charge < -0.3 is 4.90 Å². The molecule has 0 aliphatic carbocycles. The molecule has 0 spiro atoms. The molecule has 2 fully saturated rings. The number of piperidine rings is 2. The third-order valence-corrected chi connectivity index (χ3v) is 9.05. The molecule has 0 aromatic heterocycles. The van der Waals surface area contributed by atoms with Gasteiger partial charge in [0, 0.05) is 37.7 Å². The summed E-state index contributed by atoms with van der Waals surface area (Å²) in [5.74, 6) is -4.53. The predicted octanol–water partition coefficient (Wildman–Crippen LogP) is 2.57. The Labute approximate surface area is 211 Å². The summed E-state index contributed by atoms with van der Waals surface area (Å²) in [6.45, 7) is 0.344. The van der Waals surface area contributed by atoms with Gasteiger partial charge in [0.2, 0.25) is 21.8 Å². The molecule has 1 unspecified atom stereocenters. The molecule has 3 amide bonds. The van der Waals surface area contributed by atoms with Crippen molar-refractivity contribution in [3.05, 3.63) is 70.0 Å². The summed E-state index contributed by atoms with van der Waals surface area (Å²) in [5.41, 5.74) is 1.14. The van der Waals surface area contributed by atoms with Gasteiger partial charge in [-0.3, -0.25) is 19.7 Å². The van der Waals surface area contributed by atoms with Crippen LogP contribution in [-0.2, 0) is 31.9 Å². The highest BCUT2D eigenvalue weighted by Crippen LogP contribution is 2.36. The van der Waals surface area contributed by atoms with Gasteiger partial charge in [0.15, 0.2) is 0 Å². The SMILES string of the molecule is O=C1CCC(N2Cc3cc(C4CCN(S(=O)(=O)Cc5cc(F)cc(F)c5)CC4)c(F)cc3C2=O)C(=O)N1. The van der Waals surface area contributed by atoms with Gasteiger partial charge in [0.25, 0.3) is 5.91 Å². The summed E-state index contributed by atoms with van der Waals surface area (Å²) in [5, 5.41) is 2.23. The molecule has 0 saturated carbocycles. The van der Waals surface area contributed by atoms with Crippen LogP contribution in [0.4, 0.5) is 13.2 Å². The Bertz CT molecular complexity index is 1390. The number of fused-ring (bicyclic) bond motifs is 1. The van der Waals surface area contributed by atoms with Crippen molar-refractivity contribution in [3.8, 4) is 0 Å². The van der Waals surface area contributed by atoms with E-state index < -0.39 is 57.0 Å². The third-order valence-electron chi connectivity index (χ3n) is 7.20. The predicted molar refractivity (Wildman–Crippen MR) is 125 cm³/mol. The van der Waals surface area contributed by atoms with Gasteiger partial charge in [0.05, 0.1) is 5.75 Å². The maximum absolute atomic E-state index is 15.1. The molecule has 0 bridgehead atoms. The van der Waals surface area contributed by atoms with Gasteiger partial charge in [-0.2, -0.15) is 0 Å². The minimum absolute atomic E-state index is 0.00882. The van der Waals surface area contributed by atoms with Crippen molar-refractivity contribution in [2.24, 2.45) is 0 Å². The molecule has 196 valence electrons. The molecule has 5 rings (SSSR count). The first-order valence-electron chi connectivity index (χ1n) is 11.9. The number of hydrogen-bond donors (Lipinski definition) is 1. The quantitative estimate of drug-likeness (QED) is 0.593. The highest BCUT2D eigenvalue weighted by Gasteiger charge is 2.40. The lowest BCUT2D eigenvalue weighted by Gasteiger charge is -2.31. The number of hydrogen-bond acceptors (Lipinski definition) is 5. The van der Waals surface area contributed by atoms with Crippen LogP contribution in [0.25, 0.3) is 0 Å². The number of rotatable bonds is 5. The van der Waals surface area contributed by atoms with Crippen molar-refractivity contribution >= 4 is 27.7 Å². The smallest absolute Gasteiger partial charge is 0.255 e. The first kappa shape index (κ1) is 25.4. The number of sulfonamides is 1. The van der Waals surface area contributed by atoms with E-state index in [9.17, 15) is 31.6 Å². The topological polar surface area (TPSA) is 104 Å². The lowest BCUT2D eigenvalue weighted by molar-refractivity contribution is -0.136. The van der Waals surface area contributed by atoms with Crippen LogP contribution in [0.1, 0.15) is 58.6 Å². The van der Waals surface area contributed by atoms with E-state index in [1.165, 1.54) is 15.3 Å². The summed E-state index contributed by atoms with van der Waals surface area (Å²) in [6.07, 6.45) is 0.981. The minimum atomic E-state index is -3.84. The molecular formula is C25H24F3N3O5S. The molecule has 37 heavy (non-hydrogen) atoms. The maximum atomic E-state index is 15.1. The van der Waals surface area contributed by atoms with E-state index in [-0.39, 0.29) is 49.5 Å². The number of carbonyl (C=O) groups excluding carboxylic acids is 3. The lowest BCUT2D eigenvalue weighted by atomic mass is 9.88. The minimum Gasteiger partial charge on any atom is -0.322 e. The van der Waals surface area contributed by atoms with Crippen molar-refractivity contribution in [1.82, 2.24) is 14.5 Å². The van der Waals surface area contributed by atoms with Gasteiger partial charge in [-0.05, 0) is 60.1 Å². The van der Waals surface area contributed by atoms with Crippen LogP contribution >= 0.6 is 0 Å². The van der Waals surface area contributed by atoms with E-state index in [1.54, 1.807) is 6.07 Å². The Kier molecular flexibility index (Phi) is 6.57. The molecule has 3 heterocycles. The summed E-state index contributed by atoms with van der Waals surface area (Å²) in [6, 6.07) is 4.60. The van der Waals surface area contributed by atoms with Crippen LogP contribution in [-0.4, -0.2) is 54.5 Å². The maximum Gasteiger partial charge on any atom is 0.255 e. The molecular weight excluding hydrogens is 511 g/mol. The fourth-order valence-electron chi connectivity index (χ4n) is 5.36. The van der Waals surface area contributed by atoms with Crippen LogP contribution in [0.5, 0.6) is 0 Å². The van der Waals surface area contributed by atoms with Gasteiger partial charge in [-0.1, -0.05) is 6.07 Å². The zero-order valence-corrected chi connectivity index (χ0v) is 20.5. The molecule has 8 nitrogen and oxygen atoms in total. The van der Waals surface area contributed by atoms with Gasteiger partial charge >= 0.3 is 0 Å². The van der Waals surface area contributed by atoms with Crippen LogP contribution in [0.3, 0.4) is 0 Å². The first-order chi connectivity index (χ1) is 17.5. The van der Waals surface area contributed by atoms with E-state index >= 15 is 4.39 Å². The summed E-state index contributed by atoms with van der Waals surface area (Å²) < 4.78 is 68.9. The highest BCUT2D eigenvalue weighted by molar-refractivity contribution is 7.88. The Balaban J connectivity index is 1.27. The number of benzene rings is 2. The first-order valence-corrected chi connectivity index (χ1v) is 13.5. The lowest BCUT2D eigenvalue weighted by Crippen LogP contribution is -2.52. The van der Waals surface area contributed by atoms with E-state index in [1.807, 2.05) is 0 Å². The zero-order chi connectivity index (χ0) is 26.5. The van der Waals surface area contributed by atoms with Crippen molar-refractivity contribution < 1.29 is 36.0 Å². The third kappa shape index (κ3) is 4.99. The van der Waals surface area contributed by atoms with E-state index in [0.29, 0.717) is 30.0 Å². The summed E-state index contributed by atoms with van der Waals surface area (Å²) in [4.78, 5) is 37.9. The molecule has 2 saturated heterocycles. The van der Waals surface area contributed by atoms with Gasteiger partial charge in [-0.15, -0.1) is 0 Å². The normalized spacial score (nSPS) is 21.3. The van der Waals surface area contributed by atoms with Crippen molar-refractivity contribution in [2.75, 3.05) is 13.1 Å². The fourth-order valence-corrected chi connectivity index (χ4v) is 6.90. The molecule has 2 aromatic carbocycles. The molecule has 1 N–H and O–H groups in total.